The maximum Gasteiger partial charge on any atom is 0.136 e. The molecule has 0 spiro atoms. The maximum atomic E-state index is 5.56. The van der Waals surface area contributed by atoms with Gasteiger partial charge in [0.2, 0.25) is 0 Å². The Morgan fingerprint density at radius 1 is 1.42 bits per heavy atom. The number of aromatic nitrogens is 3. The van der Waals surface area contributed by atoms with E-state index >= 15 is 0 Å². The van der Waals surface area contributed by atoms with E-state index in [0.717, 1.165) is 27.8 Å². The number of halogens is 1. The van der Waals surface area contributed by atoms with Gasteiger partial charge in [-0.1, -0.05) is 38.6 Å². The number of benzene rings is 1. The van der Waals surface area contributed by atoms with Crippen molar-refractivity contribution in [2.45, 2.75) is 27.3 Å². The molecule has 0 amide bonds. The number of ether oxygens (including phenoxy) is 1. The summed E-state index contributed by atoms with van der Waals surface area (Å²) in [4.78, 5) is 0. The van der Waals surface area contributed by atoms with Gasteiger partial charge in [-0.05, 0) is 33.5 Å². The molecule has 2 rings (SSSR count). The lowest BCUT2D eigenvalue weighted by molar-refractivity contribution is 0.327. The van der Waals surface area contributed by atoms with E-state index in [0.29, 0.717) is 6.61 Å². The highest BCUT2D eigenvalue weighted by atomic mass is 79.9. The van der Waals surface area contributed by atoms with Crippen LogP contribution in [0.5, 0.6) is 5.75 Å². The van der Waals surface area contributed by atoms with Crippen LogP contribution >= 0.6 is 15.9 Å². The SMILES string of the molecule is C=CCOc1ccc2c(nnn2CC(C)(C)C)c1Br. The summed E-state index contributed by atoms with van der Waals surface area (Å²) in [6, 6.07) is 3.92. The first kappa shape index (κ1) is 14.1. The molecule has 0 aliphatic heterocycles. The van der Waals surface area contributed by atoms with Gasteiger partial charge in [0.1, 0.15) is 17.9 Å². The molecular weight excluding hydrogens is 306 g/mol. The van der Waals surface area contributed by atoms with E-state index < -0.39 is 0 Å². The highest BCUT2D eigenvalue weighted by Gasteiger charge is 2.17. The zero-order valence-electron chi connectivity index (χ0n) is 11.5. The van der Waals surface area contributed by atoms with E-state index in [-0.39, 0.29) is 5.41 Å². The smallest absolute Gasteiger partial charge is 0.136 e. The first-order chi connectivity index (χ1) is 8.92. The van der Waals surface area contributed by atoms with Crippen LogP contribution in [0.4, 0.5) is 0 Å². The molecule has 5 heteroatoms. The van der Waals surface area contributed by atoms with Crippen molar-refractivity contribution >= 4 is 27.0 Å². The van der Waals surface area contributed by atoms with E-state index in [1.54, 1.807) is 6.08 Å². The number of hydrogen-bond acceptors (Lipinski definition) is 3. The van der Waals surface area contributed by atoms with Crippen molar-refractivity contribution in [1.82, 2.24) is 15.0 Å². The summed E-state index contributed by atoms with van der Waals surface area (Å²) in [7, 11) is 0. The Hall–Kier alpha value is -1.36. The highest BCUT2D eigenvalue weighted by Crippen LogP contribution is 2.32. The van der Waals surface area contributed by atoms with Gasteiger partial charge in [0, 0.05) is 6.54 Å². The Morgan fingerprint density at radius 2 is 2.16 bits per heavy atom. The molecule has 0 saturated carbocycles. The normalized spacial score (nSPS) is 11.8. The van der Waals surface area contributed by atoms with Crippen molar-refractivity contribution in [2.24, 2.45) is 5.41 Å². The van der Waals surface area contributed by atoms with E-state index in [2.05, 4.69) is 53.6 Å². The molecular formula is C14H18BrN3O. The summed E-state index contributed by atoms with van der Waals surface area (Å²) >= 11 is 3.53. The lowest BCUT2D eigenvalue weighted by Crippen LogP contribution is -2.16. The van der Waals surface area contributed by atoms with Crippen molar-refractivity contribution < 1.29 is 4.74 Å². The Bertz CT molecular complexity index is 598. The molecule has 0 bridgehead atoms. The molecule has 0 aliphatic carbocycles. The minimum atomic E-state index is 0.158. The van der Waals surface area contributed by atoms with Crippen molar-refractivity contribution in [1.29, 1.82) is 0 Å². The highest BCUT2D eigenvalue weighted by molar-refractivity contribution is 9.10. The Kier molecular flexibility index (Phi) is 3.94. The van der Waals surface area contributed by atoms with Crippen molar-refractivity contribution in [3.8, 4) is 5.75 Å². The van der Waals surface area contributed by atoms with Gasteiger partial charge >= 0.3 is 0 Å². The predicted molar refractivity (Wildman–Crippen MR) is 80.4 cm³/mol. The molecule has 4 nitrogen and oxygen atoms in total. The molecule has 0 unspecified atom stereocenters. The van der Waals surface area contributed by atoms with Crippen LogP contribution in [-0.4, -0.2) is 21.6 Å². The largest absolute Gasteiger partial charge is 0.488 e. The Morgan fingerprint density at radius 3 is 2.79 bits per heavy atom. The summed E-state index contributed by atoms with van der Waals surface area (Å²) < 4.78 is 8.33. The van der Waals surface area contributed by atoms with Gasteiger partial charge in [0.15, 0.2) is 0 Å². The Balaban J connectivity index is 2.40. The summed E-state index contributed by atoms with van der Waals surface area (Å²) in [6.45, 7) is 11.5. The van der Waals surface area contributed by atoms with Crippen LogP contribution in [0.2, 0.25) is 0 Å². The summed E-state index contributed by atoms with van der Waals surface area (Å²) in [6.07, 6.45) is 1.72. The topological polar surface area (TPSA) is 39.9 Å². The zero-order chi connectivity index (χ0) is 14.0. The van der Waals surface area contributed by atoms with E-state index in [1.807, 2.05) is 16.8 Å². The van der Waals surface area contributed by atoms with E-state index in [9.17, 15) is 0 Å². The molecule has 0 fully saturated rings. The number of nitrogens with zero attached hydrogens (tertiary/aromatic N) is 3. The fourth-order valence-electron chi connectivity index (χ4n) is 1.81. The van der Waals surface area contributed by atoms with Gasteiger partial charge in [0.05, 0.1) is 9.99 Å². The van der Waals surface area contributed by atoms with Crippen LogP contribution in [-0.2, 0) is 6.54 Å². The molecule has 1 heterocycles. The molecule has 0 N–H and O–H groups in total. The zero-order valence-corrected chi connectivity index (χ0v) is 13.1. The molecule has 0 aliphatic rings. The van der Waals surface area contributed by atoms with Gasteiger partial charge in [-0.3, -0.25) is 0 Å². The molecule has 0 atom stereocenters. The fraction of sp³-hybridized carbons (Fsp3) is 0.429. The second-order valence-electron chi connectivity index (χ2n) is 5.65. The number of fused-ring (bicyclic) bond motifs is 1. The average molecular weight is 324 g/mol. The number of rotatable bonds is 4. The van der Waals surface area contributed by atoms with Crippen molar-refractivity contribution in [3.05, 3.63) is 29.3 Å². The van der Waals surface area contributed by atoms with Gasteiger partial charge in [-0.2, -0.15) is 0 Å². The Labute approximate surface area is 121 Å². The van der Waals surface area contributed by atoms with Crippen LogP contribution in [0.3, 0.4) is 0 Å². The van der Waals surface area contributed by atoms with Crippen LogP contribution in [0.15, 0.2) is 29.3 Å². The van der Waals surface area contributed by atoms with Crippen LogP contribution in [0.1, 0.15) is 20.8 Å². The second kappa shape index (κ2) is 5.33. The third kappa shape index (κ3) is 3.15. The first-order valence-electron chi connectivity index (χ1n) is 6.18. The average Bonchev–Trinajstić information content (AvgIpc) is 2.70. The van der Waals surface area contributed by atoms with Gasteiger partial charge in [0.25, 0.3) is 0 Å². The van der Waals surface area contributed by atoms with Gasteiger partial charge in [-0.15, -0.1) is 5.10 Å². The summed E-state index contributed by atoms with van der Waals surface area (Å²) in [5.74, 6) is 0.759. The molecule has 0 saturated heterocycles. The third-order valence-electron chi connectivity index (χ3n) is 2.57. The lowest BCUT2D eigenvalue weighted by Gasteiger charge is -2.17. The second-order valence-corrected chi connectivity index (χ2v) is 6.45. The van der Waals surface area contributed by atoms with E-state index in [1.165, 1.54) is 0 Å². The molecule has 1 aromatic carbocycles. The molecule has 2 aromatic rings. The number of hydrogen-bond donors (Lipinski definition) is 0. The lowest BCUT2D eigenvalue weighted by atomic mass is 9.97. The first-order valence-corrected chi connectivity index (χ1v) is 6.97. The quantitative estimate of drug-likeness (QED) is 0.803. The van der Waals surface area contributed by atoms with E-state index in [4.69, 9.17) is 4.74 Å². The standard InChI is InChI=1S/C14H18BrN3O/c1-5-8-19-11-7-6-10-13(12(11)15)16-17-18(10)9-14(2,3)4/h5-7H,1,8-9H2,2-4H3. The van der Waals surface area contributed by atoms with Crippen LogP contribution < -0.4 is 4.74 Å². The predicted octanol–water partition coefficient (Wildman–Crippen LogP) is 3.80. The summed E-state index contributed by atoms with van der Waals surface area (Å²) in [5, 5.41) is 8.46. The van der Waals surface area contributed by atoms with Crippen molar-refractivity contribution in [3.63, 3.8) is 0 Å². The van der Waals surface area contributed by atoms with Crippen LogP contribution in [0.25, 0.3) is 11.0 Å². The minimum Gasteiger partial charge on any atom is -0.488 e. The van der Waals surface area contributed by atoms with Gasteiger partial charge in [-0.25, -0.2) is 4.68 Å². The molecule has 1 aromatic heterocycles. The third-order valence-corrected chi connectivity index (χ3v) is 3.34. The molecule has 0 radical (unpaired) electrons. The molecule has 19 heavy (non-hydrogen) atoms. The summed E-state index contributed by atoms with van der Waals surface area (Å²) in [5.41, 5.74) is 1.99. The van der Waals surface area contributed by atoms with Crippen LogP contribution in [0, 0.1) is 5.41 Å². The monoisotopic (exact) mass is 323 g/mol. The fourth-order valence-corrected chi connectivity index (χ4v) is 2.34. The van der Waals surface area contributed by atoms with Crippen molar-refractivity contribution in [2.75, 3.05) is 6.61 Å². The minimum absolute atomic E-state index is 0.158. The molecule has 102 valence electrons. The van der Waals surface area contributed by atoms with Gasteiger partial charge < -0.3 is 4.74 Å². The maximum absolute atomic E-state index is 5.56.